The Morgan fingerprint density at radius 3 is 2.63 bits per heavy atom. The van der Waals surface area contributed by atoms with Crippen LogP contribution in [-0.4, -0.2) is 64.7 Å². The van der Waals surface area contributed by atoms with E-state index in [1.54, 1.807) is 0 Å². The molecule has 110 valence electrons. The van der Waals surface area contributed by atoms with E-state index in [0.29, 0.717) is 24.9 Å². The second kappa shape index (κ2) is 5.77. The van der Waals surface area contributed by atoms with Gasteiger partial charge in [-0.15, -0.1) is 0 Å². The van der Waals surface area contributed by atoms with Crippen molar-refractivity contribution in [1.82, 2.24) is 9.80 Å². The molecule has 1 aliphatic carbocycles. The highest BCUT2D eigenvalue weighted by Crippen LogP contribution is 2.33. The molecule has 3 unspecified atom stereocenters. The van der Waals surface area contributed by atoms with Crippen molar-refractivity contribution in [2.75, 3.05) is 26.2 Å². The monoisotopic (exact) mass is 269 g/mol. The largest absolute Gasteiger partial charge is 0.480 e. The smallest absolute Gasteiger partial charge is 0.323 e. The molecule has 1 saturated carbocycles. The first kappa shape index (κ1) is 14.8. The Labute approximate surface area is 115 Å². The van der Waals surface area contributed by atoms with Crippen molar-refractivity contribution in [3.8, 4) is 0 Å². The predicted octanol–water partition coefficient (Wildman–Crippen LogP) is 0.737. The fraction of sp³-hybridized carbons (Fsp3) is 0.929. The van der Waals surface area contributed by atoms with Crippen molar-refractivity contribution in [3.05, 3.63) is 0 Å². The minimum absolute atomic E-state index is 0.363. The highest BCUT2D eigenvalue weighted by atomic mass is 16.4. The van der Waals surface area contributed by atoms with Crippen LogP contribution in [0.5, 0.6) is 0 Å². The van der Waals surface area contributed by atoms with Crippen molar-refractivity contribution in [2.24, 2.45) is 5.73 Å². The zero-order chi connectivity index (χ0) is 14.0. The molecular formula is C14H27N3O2. The minimum atomic E-state index is -0.988. The number of carboxylic acid groups (broad SMARTS) is 1. The van der Waals surface area contributed by atoms with Gasteiger partial charge in [0.15, 0.2) is 0 Å². The number of carbonyl (C=O) groups is 1. The van der Waals surface area contributed by atoms with E-state index in [1.807, 2.05) is 0 Å². The summed E-state index contributed by atoms with van der Waals surface area (Å²) in [5.74, 6) is -0.838. The number of hydrogen-bond acceptors (Lipinski definition) is 4. The maximum atomic E-state index is 11.2. The quantitative estimate of drug-likeness (QED) is 0.770. The van der Waals surface area contributed by atoms with Crippen molar-refractivity contribution >= 4 is 5.97 Å². The molecule has 0 amide bonds. The van der Waals surface area contributed by atoms with Crippen LogP contribution in [0.15, 0.2) is 0 Å². The zero-order valence-corrected chi connectivity index (χ0v) is 12.1. The lowest BCUT2D eigenvalue weighted by atomic mass is 9.99. The Kier molecular flexibility index (Phi) is 4.48. The van der Waals surface area contributed by atoms with Gasteiger partial charge in [0.05, 0.1) is 0 Å². The van der Waals surface area contributed by atoms with Crippen LogP contribution >= 0.6 is 0 Å². The summed E-state index contributed by atoms with van der Waals surface area (Å²) in [5.41, 5.74) is 4.98. The normalized spacial score (nSPS) is 36.2. The molecule has 0 aromatic heterocycles. The average molecular weight is 269 g/mol. The second-order valence-corrected chi connectivity index (χ2v) is 6.02. The van der Waals surface area contributed by atoms with Crippen LogP contribution < -0.4 is 5.73 Å². The summed E-state index contributed by atoms with van der Waals surface area (Å²) >= 11 is 0. The van der Waals surface area contributed by atoms with Gasteiger partial charge in [-0.25, -0.2) is 0 Å². The number of nitrogens with zero attached hydrogens (tertiary/aromatic N) is 2. The predicted molar refractivity (Wildman–Crippen MR) is 75.1 cm³/mol. The molecule has 1 saturated heterocycles. The summed E-state index contributed by atoms with van der Waals surface area (Å²) < 4.78 is 0. The molecule has 3 N–H and O–H groups in total. The first-order valence-electron chi connectivity index (χ1n) is 7.50. The molecule has 19 heavy (non-hydrogen) atoms. The Balaban J connectivity index is 1.90. The fourth-order valence-electron chi connectivity index (χ4n) is 3.69. The van der Waals surface area contributed by atoms with Gasteiger partial charge in [-0.05, 0) is 38.8 Å². The van der Waals surface area contributed by atoms with Crippen LogP contribution in [-0.2, 0) is 4.79 Å². The molecule has 5 heteroatoms. The lowest BCUT2D eigenvalue weighted by Gasteiger charge is -2.29. The van der Waals surface area contributed by atoms with E-state index in [2.05, 4.69) is 23.6 Å². The molecule has 1 heterocycles. The number of rotatable bonds is 5. The third-order valence-electron chi connectivity index (χ3n) is 4.99. The van der Waals surface area contributed by atoms with Crippen molar-refractivity contribution < 1.29 is 9.90 Å². The summed E-state index contributed by atoms with van der Waals surface area (Å²) in [6.07, 6.45) is 3.34. The first-order valence-corrected chi connectivity index (χ1v) is 7.50. The van der Waals surface area contributed by atoms with E-state index in [-0.39, 0.29) is 0 Å². The summed E-state index contributed by atoms with van der Waals surface area (Å²) in [6, 6.07) is 0.995. The number of nitrogens with two attached hydrogens (primary N) is 1. The SMILES string of the molecule is CCN(CC)C1CCN(C2CCC(N)(C(=O)O)C2)C1. The maximum Gasteiger partial charge on any atom is 0.323 e. The Bertz CT molecular complexity index is 333. The van der Waals surface area contributed by atoms with Gasteiger partial charge in [0.25, 0.3) is 0 Å². The van der Waals surface area contributed by atoms with Gasteiger partial charge in [-0.1, -0.05) is 13.8 Å². The number of aliphatic carboxylic acids is 1. The third-order valence-corrected chi connectivity index (χ3v) is 4.99. The summed E-state index contributed by atoms with van der Waals surface area (Å²) in [7, 11) is 0. The Morgan fingerprint density at radius 1 is 1.42 bits per heavy atom. The lowest BCUT2D eigenvalue weighted by Crippen LogP contribution is -2.47. The molecule has 1 aliphatic heterocycles. The van der Waals surface area contributed by atoms with Gasteiger partial charge < -0.3 is 10.8 Å². The topological polar surface area (TPSA) is 69.8 Å². The molecule has 0 aromatic carbocycles. The van der Waals surface area contributed by atoms with E-state index in [0.717, 1.165) is 32.6 Å². The summed E-state index contributed by atoms with van der Waals surface area (Å²) in [6.45, 7) is 8.75. The highest BCUT2D eigenvalue weighted by molar-refractivity contribution is 5.79. The van der Waals surface area contributed by atoms with Crippen LogP contribution in [0.1, 0.15) is 39.5 Å². The van der Waals surface area contributed by atoms with Gasteiger partial charge in [-0.3, -0.25) is 14.6 Å². The Hall–Kier alpha value is -0.650. The zero-order valence-electron chi connectivity index (χ0n) is 12.1. The van der Waals surface area contributed by atoms with Crippen LogP contribution in [0.3, 0.4) is 0 Å². The van der Waals surface area contributed by atoms with Gasteiger partial charge in [0.1, 0.15) is 5.54 Å². The van der Waals surface area contributed by atoms with Crippen molar-refractivity contribution in [2.45, 2.75) is 57.2 Å². The number of carboxylic acids is 1. The van der Waals surface area contributed by atoms with Gasteiger partial charge in [-0.2, -0.15) is 0 Å². The van der Waals surface area contributed by atoms with E-state index >= 15 is 0 Å². The van der Waals surface area contributed by atoms with Crippen molar-refractivity contribution in [1.29, 1.82) is 0 Å². The van der Waals surface area contributed by atoms with Crippen molar-refractivity contribution in [3.63, 3.8) is 0 Å². The lowest BCUT2D eigenvalue weighted by molar-refractivity contribution is -0.143. The Morgan fingerprint density at radius 2 is 2.11 bits per heavy atom. The van der Waals surface area contributed by atoms with Crippen LogP contribution in [0.25, 0.3) is 0 Å². The average Bonchev–Trinajstić information content (AvgIpc) is 2.98. The van der Waals surface area contributed by atoms with Gasteiger partial charge >= 0.3 is 5.97 Å². The third kappa shape index (κ3) is 2.93. The molecule has 3 atom stereocenters. The van der Waals surface area contributed by atoms with Crippen LogP contribution in [0.4, 0.5) is 0 Å². The van der Waals surface area contributed by atoms with Crippen LogP contribution in [0.2, 0.25) is 0 Å². The van der Waals surface area contributed by atoms with E-state index in [9.17, 15) is 9.90 Å². The molecular weight excluding hydrogens is 242 g/mol. The van der Waals surface area contributed by atoms with E-state index in [4.69, 9.17) is 5.73 Å². The summed E-state index contributed by atoms with van der Waals surface area (Å²) in [5, 5.41) is 9.20. The number of hydrogen-bond donors (Lipinski definition) is 2. The molecule has 5 nitrogen and oxygen atoms in total. The maximum absolute atomic E-state index is 11.2. The van der Waals surface area contributed by atoms with Crippen LogP contribution in [0, 0.1) is 0 Å². The van der Waals surface area contributed by atoms with E-state index in [1.165, 1.54) is 6.42 Å². The first-order chi connectivity index (χ1) is 9.00. The molecule has 0 spiro atoms. The molecule has 0 radical (unpaired) electrons. The second-order valence-electron chi connectivity index (χ2n) is 6.02. The molecule has 0 bridgehead atoms. The fourth-order valence-corrected chi connectivity index (χ4v) is 3.69. The minimum Gasteiger partial charge on any atom is -0.480 e. The molecule has 0 aromatic rings. The van der Waals surface area contributed by atoms with E-state index < -0.39 is 11.5 Å². The molecule has 2 aliphatic rings. The number of likely N-dealkylation sites (tertiary alicyclic amines) is 1. The summed E-state index contributed by atoms with van der Waals surface area (Å²) in [4.78, 5) is 16.2. The van der Waals surface area contributed by atoms with Gasteiger partial charge in [0, 0.05) is 25.2 Å². The standard InChI is InChI=1S/C14H27N3O2/c1-3-16(4-2)12-6-8-17(10-12)11-5-7-14(15,9-11)13(18)19/h11-12H,3-10,15H2,1-2H3,(H,18,19). The molecule has 2 rings (SSSR count). The highest BCUT2D eigenvalue weighted by Gasteiger charge is 2.45. The molecule has 2 fully saturated rings. The number of likely N-dealkylation sites (N-methyl/N-ethyl adjacent to an activating group) is 1. The van der Waals surface area contributed by atoms with Gasteiger partial charge in [0.2, 0.25) is 0 Å².